The second-order valence-electron chi connectivity index (χ2n) is 10.4. The van der Waals surface area contributed by atoms with E-state index in [2.05, 4.69) is 20.1 Å². The van der Waals surface area contributed by atoms with Crippen LogP contribution in [-0.4, -0.2) is 80.4 Å². The first-order chi connectivity index (χ1) is 18.6. The highest BCUT2D eigenvalue weighted by Crippen LogP contribution is 2.38. The molecule has 0 saturated carbocycles. The number of hydrogen-bond donors (Lipinski definition) is 2. The minimum absolute atomic E-state index is 0.139. The van der Waals surface area contributed by atoms with Crippen molar-refractivity contribution in [2.24, 2.45) is 0 Å². The van der Waals surface area contributed by atoms with Gasteiger partial charge in [-0.2, -0.15) is 0 Å². The van der Waals surface area contributed by atoms with Crippen LogP contribution in [0.25, 0.3) is 22.0 Å². The number of piperidine rings is 1. The molecule has 0 radical (unpaired) electrons. The van der Waals surface area contributed by atoms with E-state index in [0.29, 0.717) is 5.88 Å². The molecule has 0 atom stereocenters. The van der Waals surface area contributed by atoms with Crippen molar-refractivity contribution in [1.82, 2.24) is 20.1 Å². The number of aromatic nitrogens is 1. The van der Waals surface area contributed by atoms with Gasteiger partial charge in [0.2, 0.25) is 5.88 Å². The summed E-state index contributed by atoms with van der Waals surface area (Å²) >= 11 is 0. The van der Waals surface area contributed by atoms with E-state index in [1.165, 1.54) is 38.8 Å². The Labute approximate surface area is 225 Å². The van der Waals surface area contributed by atoms with Gasteiger partial charge in [-0.25, -0.2) is 4.79 Å². The van der Waals surface area contributed by atoms with Crippen molar-refractivity contribution in [2.75, 3.05) is 53.5 Å². The van der Waals surface area contributed by atoms with Crippen molar-refractivity contribution in [2.45, 2.75) is 44.6 Å². The van der Waals surface area contributed by atoms with E-state index in [0.717, 1.165) is 72.5 Å². The van der Waals surface area contributed by atoms with E-state index in [-0.39, 0.29) is 6.04 Å². The first kappa shape index (κ1) is 26.4. The first-order valence-electron chi connectivity index (χ1n) is 13.9. The summed E-state index contributed by atoms with van der Waals surface area (Å²) in [4.78, 5) is 21.1. The third-order valence-corrected chi connectivity index (χ3v) is 7.88. The molecule has 1 amide bonds. The van der Waals surface area contributed by atoms with E-state index in [9.17, 15) is 4.79 Å². The Bertz CT molecular complexity index is 1210. The number of fused-ring (bicyclic) bond motifs is 1. The SMILES string of the molecule is COc1ccc(-c2cccc3[nH]c(OC(=O)NC4CCN(CCN5CCCCCC5)CC4)cc23)c(OC)c1. The highest BCUT2D eigenvalue weighted by Gasteiger charge is 2.22. The molecule has 0 aliphatic carbocycles. The Kier molecular flexibility index (Phi) is 8.71. The van der Waals surface area contributed by atoms with Gasteiger partial charge >= 0.3 is 6.09 Å². The molecule has 0 spiro atoms. The van der Waals surface area contributed by atoms with Gasteiger partial charge in [-0.15, -0.1) is 0 Å². The quantitative estimate of drug-likeness (QED) is 0.421. The molecule has 0 unspecified atom stereocenters. The number of ether oxygens (including phenoxy) is 3. The molecule has 1 aromatic heterocycles. The van der Waals surface area contributed by atoms with E-state index < -0.39 is 6.09 Å². The Morgan fingerprint density at radius 1 is 0.895 bits per heavy atom. The van der Waals surface area contributed by atoms with Gasteiger partial charge in [0.05, 0.1) is 14.2 Å². The van der Waals surface area contributed by atoms with E-state index in [1.807, 2.05) is 42.5 Å². The Hall–Kier alpha value is -3.23. The van der Waals surface area contributed by atoms with Crippen molar-refractivity contribution in [3.05, 3.63) is 42.5 Å². The molecular formula is C30H40N4O4. The average molecular weight is 521 g/mol. The van der Waals surface area contributed by atoms with Crippen LogP contribution in [0.4, 0.5) is 4.79 Å². The summed E-state index contributed by atoms with van der Waals surface area (Å²) in [6, 6.07) is 13.8. The van der Waals surface area contributed by atoms with Crippen molar-refractivity contribution in [3.63, 3.8) is 0 Å². The zero-order chi connectivity index (χ0) is 26.3. The predicted molar refractivity (Wildman–Crippen MR) is 150 cm³/mol. The number of rotatable bonds is 8. The number of carbonyl (C=O) groups excluding carboxylic acids is 1. The molecule has 38 heavy (non-hydrogen) atoms. The van der Waals surface area contributed by atoms with Gasteiger partial charge < -0.3 is 34.3 Å². The maximum absolute atomic E-state index is 12.7. The molecule has 3 aromatic rings. The van der Waals surface area contributed by atoms with Crippen LogP contribution in [0, 0.1) is 0 Å². The average Bonchev–Trinajstić information content (AvgIpc) is 3.17. The number of carbonyl (C=O) groups is 1. The molecule has 2 saturated heterocycles. The minimum Gasteiger partial charge on any atom is -0.497 e. The lowest BCUT2D eigenvalue weighted by molar-refractivity contribution is 0.157. The van der Waals surface area contributed by atoms with Gasteiger partial charge in [0, 0.05) is 60.8 Å². The number of hydrogen-bond acceptors (Lipinski definition) is 6. The number of benzene rings is 2. The molecule has 2 fully saturated rings. The van der Waals surface area contributed by atoms with Crippen molar-refractivity contribution < 1.29 is 19.0 Å². The van der Waals surface area contributed by atoms with Gasteiger partial charge in [0.25, 0.3) is 0 Å². The molecule has 2 aromatic carbocycles. The fourth-order valence-corrected chi connectivity index (χ4v) is 5.68. The fraction of sp³-hybridized carbons (Fsp3) is 0.500. The lowest BCUT2D eigenvalue weighted by atomic mass is 10.0. The van der Waals surface area contributed by atoms with Gasteiger partial charge in [0.15, 0.2) is 0 Å². The van der Waals surface area contributed by atoms with Crippen LogP contribution in [0.5, 0.6) is 17.4 Å². The summed E-state index contributed by atoms with van der Waals surface area (Å²) in [7, 11) is 3.28. The molecule has 0 bridgehead atoms. The standard InChI is InChI=1S/C30H40N4O4/c1-36-23-10-11-25(28(20-23)37-2)24-8-7-9-27-26(24)21-29(32-27)38-30(35)31-22-12-16-34(17-13-22)19-18-33-14-5-3-4-6-15-33/h7-11,20-22,32H,3-6,12-19H2,1-2H3,(H,31,35). The number of methoxy groups -OCH3 is 2. The summed E-state index contributed by atoms with van der Waals surface area (Å²) in [6.45, 7) is 6.79. The number of amides is 1. The van der Waals surface area contributed by atoms with E-state index in [4.69, 9.17) is 14.2 Å². The monoisotopic (exact) mass is 520 g/mol. The minimum atomic E-state index is -0.414. The molecule has 2 aliphatic heterocycles. The molecule has 3 heterocycles. The Morgan fingerprint density at radius 2 is 1.63 bits per heavy atom. The predicted octanol–water partition coefficient (Wildman–Crippen LogP) is 5.28. The molecule has 8 heteroatoms. The first-order valence-corrected chi connectivity index (χ1v) is 13.9. The van der Waals surface area contributed by atoms with Gasteiger partial charge in [-0.1, -0.05) is 25.0 Å². The molecule has 2 N–H and O–H groups in total. The zero-order valence-corrected chi connectivity index (χ0v) is 22.6. The molecular weight excluding hydrogens is 480 g/mol. The maximum atomic E-state index is 12.7. The number of nitrogens with zero attached hydrogens (tertiary/aromatic N) is 2. The number of aromatic amines is 1. The van der Waals surface area contributed by atoms with Crippen molar-refractivity contribution >= 4 is 17.0 Å². The summed E-state index contributed by atoms with van der Waals surface area (Å²) in [5.74, 6) is 1.87. The van der Waals surface area contributed by atoms with E-state index >= 15 is 0 Å². The number of nitrogens with one attached hydrogen (secondary N) is 2. The van der Waals surface area contributed by atoms with Crippen LogP contribution in [0.15, 0.2) is 42.5 Å². The largest absolute Gasteiger partial charge is 0.497 e. The zero-order valence-electron chi connectivity index (χ0n) is 22.6. The van der Waals surface area contributed by atoms with Crippen LogP contribution >= 0.6 is 0 Å². The maximum Gasteiger partial charge on any atom is 0.414 e. The summed E-state index contributed by atoms with van der Waals surface area (Å²) in [5, 5.41) is 4.03. The fourth-order valence-electron chi connectivity index (χ4n) is 5.68. The summed E-state index contributed by atoms with van der Waals surface area (Å²) in [5.41, 5.74) is 2.82. The van der Waals surface area contributed by atoms with Crippen LogP contribution in [0.2, 0.25) is 0 Å². The molecule has 2 aliphatic rings. The lowest BCUT2D eigenvalue weighted by Crippen LogP contribution is -2.47. The molecule has 5 rings (SSSR count). The topological polar surface area (TPSA) is 79.1 Å². The highest BCUT2D eigenvalue weighted by molar-refractivity contribution is 5.98. The second-order valence-corrected chi connectivity index (χ2v) is 10.4. The molecule has 204 valence electrons. The Balaban J connectivity index is 1.15. The smallest absolute Gasteiger partial charge is 0.414 e. The van der Waals surface area contributed by atoms with E-state index in [1.54, 1.807) is 14.2 Å². The summed E-state index contributed by atoms with van der Waals surface area (Å²) < 4.78 is 16.6. The van der Waals surface area contributed by atoms with Gasteiger partial charge in [-0.05, 0) is 62.5 Å². The van der Waals surface area contributed by atoms with Crippen molar-refractivity contribution in [1.29, 1.82) is 0 Å². The van der Waals surface area contributed by atoms with Crippen molar-refractivity contribution in [3.8, 4) is 28.5 Å². The van der Waals surface area contributed by atoms with Crippen LogP contribution < -0.4 is 19.5 Å². The van der Waals surface area contributed by atoms with Crippen LogP contribution in [0.1, 0.15) is 38.5 Å². The Morgan fingerprint density at radius 3 is 2.34 bits per heavy atom. The normalized spacial score (nSPS) is 17.7. The third kappa shape index (κ3) is 6.42. The summed E-state index contributed by atoms with van der Waals surface area (Å²) in [6.07, 6.45) is 6.90. The van der Waals surface area contributed by atoms with Gasteiger partial charge in [-0.3, -0.25) is 0 Å². The third-order valence-electron chi connectivity index (χ3n) is 7.88. The lowest BCUT2D eigenvalue weighted by Gasteiger charge is -2.33. The number of H-pyrrole nitrogens is 1. The van der Waals surface area contributed by atoms with Crippen LogP contribution in [-0.2, 0) is 0 Å². The molecule has 8 nitrogen and oxygen atoms in total. The highest BCUT2D eigenvalue weighted by atomic mass is 16.6. The number of likely N-dealkylation sites (tertiary alicyclic amines) is 2. The second kappa shape index (κ2) is 12.5. The van der Waals surface area contributed by atoms with Gasteiger partial charge in [0.1, 0.15) is 11.5 Å². The van der Waals surface area contributed by atoms with Crippen LogP contribution in [0.3, 0.4) is 0 Å².